The zero-order chi connectivity index (χ0) is 47.9. The van der Waals surface area contributed by atoms with E-state index in [-0.39, 0.29) is 0 Å². The molecule has 380 valence electrons. The second-order valence-electron chi connectivity index (χ2n) is 16.8. The molecule has 0 amide bonds. The van der Waals surface area contributed by atoms with Crippen LogP contribution in [0.15, 0.2) is 0 Å². The number of nitrogens with two attached hydrogens (primary N) is 1. The van der Waals surface area contributed by atoms with E-state index in [9.17, 15) is 86.8 Å². The summed E-state index contributed by atoms with van der Waals surface area (Å²) in [6.07, 6.45) is -52.4. The highest BCUT2D eigenvalue weighted by molar-refractivity contribution is 5.01. The van der Waals surface area contributed by atoms with Gasteiger partial charge in [-0.1, -0.05) is 0 Å². The molecule has 6 fully saturated rings. The van der Waals surface area contributed by atoms with Gasteiger partial charge in [0, 0.05) is 0 Å². The summed E-state index contributed by atoms with van der Waals surface area (Å²) in [5.74, 6) is 0. The fourth-order valence-corrected chi connectivity index (χ4v) is 8.43. The van der Waals surface area contributed by atoms with E-state index in [1.807, 2.05) is 0 Å². The topological polar surface area (TPSA) is 471 Å². The molecule has 0 aliphatic carbocycles. The van der Waals surface area contributed by atoms with E-state index in [4.69, 9.17) is 57.8 Å². The smallest absolute Gasteiger partial charge is 0.187 e. The van der Waals surface area contributed by atoms with Gasteiger partial charge >= 0.3 is 0 Å². The van der Waals surface area contributed by atoms with Gasteiger partial charge in [-0.05, 0) is 13.8 Å². The molecule has 6 aliphatic rings. The fourth-order valence-electron chi connectivity index (χ4n) is 8.43. The molecule has 0 aromatic rings. The molecule has 19 N–H and O–H groups in total. The van der Waals surface area contributed by atoms with E-state index in [2.05, 4.69) is 0 Å². The van der Waals surface area contributed by atoms with Crippen LogP contribution in [-0.4, -0.2) is 297 Å². The maximum absolute atomic E-state index is 11.5. The third-order valence-electron chi connectivity index (χ3n) is 12.4. The predicted octanol–water partition coefficient (Wildman–Crippen LogP) is -12.1. The first-order valence-electron chi connectivity index (χ1n) is 20.9. The lowest BCUT2D eigenvalue weighted by atomic mass is 9.94. The lowest BCUT2D eigenvalue weighted by molar-refractivity contribution is -0.399. The fraction of sp³-hybridized carbons (Fsp3) is 1.00. The van der Waals surface area contributed by atoms with Crippen molar-refractivity contribution in [3.05, 3.63) is 0 Å². The van der Waals surface area contributed by atoms with Crippen LogP contribution in [0.25, 0.3) is 0 Å². The van der Waals surface area contributed by atoms with Crippen LogP contribution in [0.4, 0.5) is 0 Å². The third kappa shape index (κ3) is 10.8. The van der Waals surface area contributed by atoms with Gasteiger partial charge in [-0.3, -0.25) is 0 Å². The molecule has 0 aromatic heterocycles. The van der Waals surface area contributed by atoms with Gasteiger partial charge < -0.3 is 145 Å². The molecular formula is C36H63NO28. The largest absolute Gasteiger partial charge is 0.394 e. The summed E-state index contributed by atoms with van der Waals surface area (Å²) in [5, 5.41) is 180. The molecule has 29 nitrogen and oxygen atoms in total. The van der Waals surface area contributed by atoms with Crippen LogP contribution in [0.1, 0.15) is 13.8 Å². The Kier molecular flexibility index (Phi) is 18.2. The van der Waals surface area contributed by atoms with Gasteiger partial charge in [-0.15, -0.1) is 0 Å². The Balaban J connectivity index is 1.32. The molecule has 6 rings (SSSR count). The second-order valence-corrected chi connectivity index (χ2v) is 16.8. The number of aliphatic hydroxyl groups excluding tert-OH is 17. The summed E-state index contributed by atoms with van der Waals surface area (Å²) in [6.45, 7) is -1.16. The van der Waals surface area contributed by atoms with Crippen LogP contribution in [0.3, 0.4) is 0 Å². The highest BCUT2D eigenvalue weighted by atomic mass is 16.8. The quantitative estimate of drug-likeness (QED) is 0.0768. The molecule has 65 heavy (non-hydrogen) atoms. The second kappa shape index (κ2) is 22.3. The van der Waals surface area contributed by atoms with E-state index >= 15 is 0 Å². The van der Waals surface area contributed by atoms with Crippen LogP contribution >= 0.6 is 0 Å². The summed E-state index contributed by atoms with van der Waals surface area (Å²) in [6, 6.07) is -1.80. The molecule has 0 radical (unpaired) electrons. The zero-order valence-electron chi connectivity index (χ0n) is 34.8. The minimum Gasteiger partial charge on any atom is -0.394 e. The highest BCUT2D eigenvalue weighted by Crippen LogP contribution is 2.37. The van der Waals surface area contributed by atoms with Gasteiger partial charge in [0.05, 0.1) is 44.7 Å². The van der Waals surface area contributed by atoms with Crippen molar-refractivity contribution in [1.82, 2.24) is 0 Å². The normalized spacial score (nSPS) is 54.6. The summed E-state index contributed by atoms with van der Waals surface area (Å²) in [5.41, 5.74) is 6.72. The number of aliphatic hydroxyl groups is 17. The highest BCUT2D eigenvalue weighted by Gasteiger charge is 2.58. The lowest BCUT2D eigenvalue weighted by Gasteiger charge is -2.51. The number of rotatable bonds is 14. The Morgan fingerprint density at radius 2 is 0.723 bits per heavy atom. The number of hydrogen-bond acceptors (Lipinski definition) is 29. The average molecular weight is 958 g/mol. The van der Waals surface area contributed by atoms with Crippen molar-refractivity contribution in [1.29, 1.82) is 0 Å². The van der Waals surface area contributed by atoms with Crippen LogP contribution in [0.5, 0.6) is 0 Å². The first-order valence-corrected chi connectivity index (χ1v) is 20.9. The van der Waals surface area contributed by atoms with Crippen LogP contribution in [0.2, 0.25) is 0 Å². The first kappa shape index (κ1) is 53.2. The summed E-state index contributed by atoms with van der Waals surface area (Å²) < 4.78 is 63.3. The average Bonchev–Trinajstić information content (AvgIpc) is 3.28. The third-order valence-corrected chi connectivity index (χ3v) is 12.4. The summed E-state index contributed by atoms with van der Waals surface area (Å²) in [7, 11) is 0. The minimum absolute atomic E-state index is 0.885. The molecule has 0 aromatic carbocycles. The van der Waals surface area contributed by atoms with Crippen molar-refractivity contribution < 1.29 is 139 Å². The van der Waals surface area contributed by atoms with Crippen molar-refractivity contribution in [2.75, 3.05) is 26.4 Å². The Morgan fingerprint density at radius 1 is 0.323 bits per heavy atom. The van der Waals surface area contributed by atoms with E-state index in [1.54, 1.807) is 0 Å². The van der Waals surface area contributed by atoms with Crippen LogP contribution < -0.4 is 5.73 Å². The van der Waals surface area contributed by atoms with E-state index in [1.165, 1.54) is 13.8 Å². The van der Waals surface area contributed by atoms with Crippen molar-refractivity contribution in [2.45, 2.75) is 198 Å². The van der Waals surface area contributed by atoms with Crippen molar-refractivity contribution in [3.8, 4) is 0 Å². The minimum atomic E-state index is -2.13. The Labute approximate surface area is 369 Å². The van der Waals surface area contributed by atoms with Crippen molar-refractivity contribution in [2.24, 2.45) is 5.73 Å². The van der Waals surface area contributed by atoms with Gasteiger partial charge in [-0.2, -0.15) is 0 Å². The van der Waals surface area contributed by atoms with Gasteiger partial charge in [0.1, 0.15) is 128 Å². The first-order chi connectivity index (χ1) is 30.7. The standard InChI is InChI=1S/C36H63NO28/c1-7-14(42)18(46)23(51)33(55-7)62-27-12(6-41)60-32(64-29-17(45)10(4-39)58-35(25(29)53)61-26-11(5-40)57-31(54)22(50)21(26)49)13(37)28(27)63-36-30(20(48)16(44)9(3-38)59-36)65-34-24(52)19(47)15(43)8(2)56-34/h7-36,38-54H,3-6,37H2,1-2H3/t7-,8?,9?,10?,11?,12?,13?,14+,15-,16-,17-,18?,19+,20-,21+,22+,23?,24?,25?,26-,27-,28+,29-,30?,31?,32-,33+,34-,35-,36-/m0/s1. The Bertz CT molecular complexity index is 1480. The molecule has 12 unspecified atom stereocenters. The lowest BCUT2D eigenvalue weighted by Crippen LogP contribution is -2.70. The number of ether oxygens (including phenoxy) is 11. The van der Waals surface area contributed by atoms with Gasteiger partial charge in [0.15, 0.2) is 37.7 Å². The molecule has 30 atom stereocenters. The van der Waals surface area contributed by atoms with Gasteiger partial charge in [-0.25, -0.2) is 0 Å². The predicted molar refractivity (Wildman–Crippen MR) is 198 cm³/mol. The molecule has 6 saturated heterocycles. The Morgan fingerprint density at radius 3 is 1.26 bits per heavy atom. The van der Waals surface area contributed by atoms with E-state index in [0.717, 1.165) is 0 Å². The maximum atomic E-state index is 11.5. The van der Waals surface area contributed by atoms with E-state index < -0.39 is 211 Å². The molecule has 0 bridgehead atoms. The van der Waals surface area contributed by atoms with Crippen molar-refractivity contribution in [3.63, 3.8) is 0 Å². The molecule has 0 spiro atoms. The van der Waals surface area contributed by atoms with Crippen LogP contribution in [0, 0.1) is 0 Å². The maximum Gasteiger partial charge on any atom is 0.187 e. The zero-order valence-corrected chi connectivity index (χ0v) is 34.8. The van der Waals surface area contributed by atoms with E-state index in [0.29, 0.717) is 0 Å². The molecule has 29 heteroatoms. The SMILES string of the molecule is CC1O[C@@H](OC2[C@H](O[C@@H]3C(N)[C@H](O[C@@H]4C(O)[C@H](O[C@H]5C(CO)OC(O)[C@H](O)[C@H]5O)OC(CO)[C@@H]4O)OC(CO)[C@@H]3O[C@H]3O[C@@H](C)[C@@H](O)C(O)C3O)OC(CO)[C@H](O)[C@@H]2O)C(O)[C@H](O)[C@H]1O. The molecule has 6 heterocycles. The molecule has 0 saturated carbocycles. The van der Waals surface area contributed by atoms with Crippen molar-refractivity contribution >= 4 is 0 Å². The van der Waals surface area contributed by atoms with Gasteiger partial charge in [0.2, 0.25) is 0 Å². The molecule has 6 aliphatic heterocycles. The molecular weight excluding hydrogens is 894 g/mol. The van der Waals surface area contributed by atoms with Crippen LogP contribution in [-0.2, 0) is 52.1 Å². The summed E-state index contributed by atoms with van der Waals surface area (Å²) in [4.78, 5) is 0. The van der Waals surface area contributed by atoms with Gasteiger partial charge in [0.25, 0.3) is 0 Å². The monoisotopic (exact) mass is 957 g/mol. The number of hydrogen-bond donors (Lipinski definition) is 18. The summed E-state index contributed by atoms with van der Waals surface area (Å²) >= 11 is 0. The Hall–Kier alpha value is -1.16.